The summed E-state index contributed by atoms with van der Waals surface area (Å²) in [4.78, 5) is 6.29. The van der Waals surface area contributed by atoms with E-state index in [0.717, 1.165) is 18.8 Å². The van der Waals surface area contributed by atoms with Gasteiger partial charge >= 0.3 is 17.1 Å². The van der Waals surface area contributed by atoms with Crippen LogP contribution < -0.4 is 0 Å². The molecule has 0 spiro atoms. The Kier molecular flexibility index (Phi) is 7.05. The van der Waals surface area contributed by atoms with Crippen molar-refractivity contribution >= 4 is 23.5 Å². The molecule has 6 heteroatoms. The molecule has 1 aliphatic rings. The molecule has 18 heavy (non-hydrogen) atoms. The van der Waals surface area contributed by atoms with Crippen molar-refractivity contribution in [2.75, 3.05) is 13.1 Å². The molecule has 1 fully saturated rings. The molecular formula is C12H16CuN4S+2. The van der Waals surface area contributed by atoms with Crippen LogP contribution >= 0.6 is 0 Å². The summed E-state index contributed by atoms with van der Waals surface area (Å²) in [5.74, 6) is 0. The van der Waals surface area contributed by atoms with Gasteiger partial charge in [0, 0.05) is 25.5 Å². The van der Waals surface area contributed by atoms with E-state index < -0.39 is 0 Å². The van der Waals surface area contributed by atoms with Gasteiger partial charge < -0.3 is 10.5 Å². The molecule has 0 atom stereocenters. The van der Waals surface area contributed by atoms with Gasteiger partial charge in [-0.15, -0.1) is 0 Å². The van der Waals surface area contributed by atoms with Crippen molar-refractivity contribution in [3.63, 3.8) is 0 Å². The SMILES string of the molecule is [Cu+2].[SH+]=C([N-]N=Cc1ccccn1)N1CCCCC1. The second-order valence-corrected chi connectivity index (χ2v) is 4.35. The largest absolute Gasteiger partial charge is 2.00 e. The number of likely N-dealkylation sites (tertiary alicyclic amines) is 1. The molecule has 1 radical (unpaired) electrons. The molecule has 2 heterocycles. The summed E-state index contributed by atoms with van der Waals surface area (Å²) in [6, 6.07) is 5.68. The van der Waals surface area contributed by atoms with E-state index in [1.165, 1.54) is 19.3 Å². The average Bonchev–Trinajstić information content (AvgIpc) is 2.41. The van der Waals surface area contributed by atoms with E-state index in [1.807, 2.05) is 18.2 Å². The first kappa shape index (κ1) is 15.2. The number of aromatic nitrogens is 1. The summed E-state index contributed by atoms with van der Waals surface area (Å²) < 4.78 is 0. The van der Waals surface area contributed by atoms with E-state index in [9.17, 15) is 0 Å². The molecule has 1 aliphatic heterocycles. The molecule has 99 valence electrons. The zero-order chi connectivity index (χ0) is 11.9. The van der Waals surface area contributed by atoms with Gasteiger partial charge in [0.25, 0.3) is 0 Å². The Labute approximate surface area is 123 Å². The molecule has 0 amide bonds. The van der Waals surface area contributed by atoms with Crippen LogP contribution in [0.25, 0.3) is 5.43 Å². The second kappa shape index (κ2) is 8.32. The maximum atomic E-state index is 4.36. The third-order valence-electron chi connectivity index (χ3n) is 2.66. The number of pyridine rings is 1. The number of hydrogen-bond acceptors (Lipinski definition) is 2. The average molecular weight is 312 g/mol. The van der Waals surface area contributed by atoms with Gasteiger partial charge in [0.15, 0.2) is 17.3 Å². The van der Waals surface area contributed by atoms with Crippen LogP contribution in [0.1, 0.15) is 25.0 Å². The van der Waals surface area contributed by atoms with E-state index >= 15 is 0 Å². The van der Waals surface area contributed by atoms with Crippen LogP contribution in [0, 0.1) is 0 Å². The van der Waals surface area contributed by atoms with Crippen molar-refractivity contribution in [1.29, 1.82) is 0 Å². The molecule has 0 N–H and O–H groups in total. The Morgan fingerprint density at radius 3 is 2.78 bits per heavy atom. The minimum Gasteiger partial charge on any atom is -0.515 e. The Bertz CT molecular complexity index is 390. The van der Waals surface area contributed by atoms with Crippen molar-refractivity contribution in [3.05, 3.63) is 35.5 Å². The second-order valence-electron chi connectivity index (χ2n) is 3.95. The van der Waals surface area contributed by atoms with E-state index in [4.69, 9.17) is 0 Å². The first-order chi connectivity index (χ1) is 8.36. The van der Waals surface area contributed by atoms with Crippen LogP contribution in [0.3, 0.4) is 0 Å². The molecule has 2 rings (SSSR count). The molecule has 0 aliphatic carbocycles. The number of hydrogen-bond donors (Lipinski definition) is 0. The zero-order valence-electron chi connectivity index (χ0n) is 9.96. The topological polar surface area (TPSA) is 42.6 Å². The van der Waals surface area contributed by atoms with Crippen LogP contribution in [0.5, 0.6) is 0 Å². The maximum absolute atomic E-state index is 4.36. The first-order valence-corrected chi connectivity index (χ1v) is 6.27. The normalized spacial score (nSPS) is 16.2. The molecule has 0 saturated carbocycles. The molecule has 0 bridgehead atoms. The van der Waals surface area contributed by atoms with Gasteiger partial charge in [-0.2, -0.15) is 0 Å². The van der Waals surface area contributed by atoms with Crippen molar-refractivity contribution in [1.82, 2.24) is 9.88 Å². The van der Waals surface area contributed by atoms with Crippen LogP contribution in [-0.4, -0.2) is 34.3 Å². The molecule has 1 saturated heterocycles. The summed E-state index contributed by atoms with van der Waals surface area (Å²) in [6.07, 6.45) is 7.10. The van der Waals surface area contributed by atoms with E-state index in [-0.39, 0.29) is 17.1 Å². The molecular weight excluding hydrogens is 296 g/mol. The number of thiol groups is 1. The van der Waals surface area contributed by atoms with Gasteiger partial charge in [-0.1, -0.05) is 12.5 Å². The smallest absolute Gasteiger partial charge is 0.515 e. The van der Waals surface area contributed by atoms with Crippen molar-refractivity contribution in [2.24, 2.45) is 5.10 Å². The molecule has 0 unspecified atom stereocenters. The summed E-state index contributed by atoms with van der Waals surface area (Å²) in [6.45, 7) is 2.06. The van der Waals surface area contributed by atoms with Crippen molar-refractivity contribution < 1.29 is 17.1 Å². The first-order valence-electron chi connectivity index (χ1n) is 5.82. The third kappa shape index (κ3) is 4.82. The van der Waals surface area contributed by atoms with Gasteiger partial charge in [-0.05, 0) is 25.0 Å². The maximum Gasteiger partial charge on any atom is 2.00 e. The van der Waals surface area contributed by atoms with Crippen molar-refractivity contribution in [2.45, 2.75) is 19.3 Å². The van der Waals surface area contributed by atoms with Crippen LogP contribution in [0.2, 0.25) is 0 Å². The fraction of sp³-hybridized carbons (Fsp3) is 0.417. The van der Waals surface area contributed by atoms with Gasteiger partial charge in [0.1, 0.15) is 0 Å². The fourth-order valence-electron chi connectivity index (χ4n) is 1.75. The molecule has 0 aromatic carbocycles. The predicted molar refractivity (Wildman–Crippen MR) is 74.4 cm³/mol. The third-order valence-corrected chi connectivity index (χ3v) is 3.04. The van der Waals surface area contributed by atoms with Crippen molar-refractivity contribution in [3.8, 4) is 0 Å². The minimum absolute atomic E-state index is 0. The minimum atomic E-state index is 0. The molecule has 1 aromatic heterocycles. The summed E-state index contributed by atoms with van der Waals surface area (Å²) >= 11 is 4.36. The van der Waals surface area contributed by atoms with Crippen LogP contribution in [0.4, 0.5) is 0 Å². The monoisotopic (exact) mass is 311 g/mol. The standard InChI is InChI=1S/C12H16N4S.Cu/c17-12(16-8-4-1-5-9-16)15-14-10-11-6-2-3-7-13-11;/h2-3,6-7,10H,1,4-5,8-9H2,(H,13,15,17);/q;+2. The predicted octanol–water partition coefficient (Wildman–Crippen LogP) is 1.64. The Morgan fingerprint density at radius 1 is 1.33 bits per heavy atom. The number of nitrogens with zero attached hydrogens (tertiary/aromatic N) is 4. The molecule has 1 aromatic rings. The zero-order valence-corrected chi connectivity index (χ0v) is 11.8. The number of rotatable bonds is 2. The van der Waals surface area contributed by atoms with E-state index in [0.29, 0.717) is 5.11 Å². The molecule has 4 nitrogen and oxygen atoms in total. The number of piperidine rings is 1. The summed E-state index contributed by atoms with van der Waals surface area (Å²) in [5.41, 5.74) is 4.88. The summed E-state index contributed by atoms with van der Waals surface area (Å²) in [5, 5.41) is 4.69. The quantitative estimate of drug-likeness (QED) is 0.208. The fourth-order valence-corrected chi connectivity index (χ4v) is 2.00. The Morgan fingerprint density at radius 2 is 2.11 bits per heavy atom. The van der Waals surface area contributed by atoms with Gasteiger partial charge in [-0.3, -0.25) is 4.98 Å². The summed E-state index contributed by atoms with van der Waals surface area (Å²) in [7, 11) is 0. The van der Waals surface area contributed by atoms with E-state index in [2.05, 4.69) is 32.6 Å². The van der Waals surface area contributed by atoms with Gasteiger partial charge in [0.05, 0.1) is 5.69 Å². The Hall–Kier alpha value is -0.811. The Balaban J connectivity index is 0.00000162. The van der Waals surface area contributed by atoms with Crippen LogP contribution in [0.15, 0.2) is 29.5 Å². The van der Waals surface area contributed by atoms with Crippen LogP contribution in [-0.2, 0) is 29.3 Å². The van der Waals surface area contributed by atoms with Gasteiger partial charge in [-0.25, -0.2) is 4.90 Å². The van der Waals surface area contributed by atoms with Gasteiger partial charge in [0.2, 0.25) is 0 Å². The van der Waals surface area contributed by atoms with E-state index in [1.54, 1.807) is 12.4 Å².